The van der Waals surface area contributed by atoms with Crippen molar-refractivity contribution in [3.8, 4) is 5.75 Å². The lowest BCUT2D eigenvalue weighted by molar-refractivity contribution is -0.384. The molecule has 0 saturated carbocycles. The number of rotatable bonds is 7. The molecule has 6 heteroatoms. The van der Waals surface area contributed by atoms with Gasteiger partial charge in [0.2, 0.25) is 5.91 Å². The Kier molecular flexibility index (Phi) is 6.28. The first-order valence-electron chi connectivity index (χ1n) is 7.90. The summed E-state index contributed by atoms with van der Waals surface area (Å²) in [5, 5.41) is 13.4. The fraction of sp³-hybridized carbons (Fsp3) is 0.211. The number of carbonyl (C=O) groups is 1. The van der Waals surface area contributed by atoms with Crippen molar-refractivity contribution in [2.75, 3.05) is 0 Å². The Morgan fingerprint density at radius 2 is 1.80 bits per heavy atom. The zero-order valence-corrected chi connectivity index (χ0v) is 14.1. The Labute approximate surface area is 146 Å². The van der Waals surface area contributed by atoms with Crippen LogP contribution in [0.5, 0.6) is 5.75 Å². The molecule has 0 fully saturated rings. The number of carbonyl (C=O) groups excluding carboxylic acids is 1. The molecule has 6 nitrogen and oxygen atoms in total. The van der Waals surface area contributed by atoms with Gasteiger partial charge in [-0.2, -0.15) is 0 Å². The lowest BCUT2D eigenvalue weighted by Crippen LogP contribution is -2.20. The van der Waals surface area contributed by atoms with Gasteiger partial charge in [-0.05, 0) is 55.3 Å². The summed E-state index contributed by atoms with van der Waals surface area (Å²) in [6, 6.07) is 13.5. The van der Waals surface area contributed by atoms with Crippen LogP contribution in [0.2, 0.25) is 0 Å². The molecule has 0 heterocycles. The lowest BCUT2D eigenvalue weighted by atomic mass is 10.2. The predicted molar refractivity (Wildman–Crippen MR) is 96.2 cm³/mol. The third kappa shape index (κ3) is 6.10. The molecule has 0 aliphatic heterocycles. The highest BCUT2D eigenvalue weighted by molar-refractivity contribution is 5.91. The van der Waals surface area contributed by atoms with Crippen LogP contribution in [0.4, 0.5) is 5.69 Å². The predicted octanol–water partition coefficient (Wildman–Crippen LogP) is 3.71. The molecule has 25 heavy (non-hydrogen) atoms. The van der Waals surface area contributed by atoms with E-state index in [4.69, 9.17) is 4.74 Å². The van der Waals surface area contributed by atoms with Crippen molar-refractivity contribution in [3.05, 3.63) is 75.8 Å². The van der Waals surface area contributed by atoms with E-state index in [0.29, 0.717) is 6.54 Å². The smallest absolute Gasteiger partial charge is 0.269 e. The van der Waals surface area contributed by atoms with Gasteiger partial charge in [-0.15, -0.1) is 0 Å². The van der Waals surface area contributed by atoms with Crippen molar-refractivity contribution in [1.29, 1.82) is 0 Å². The molecule has 2 rings (SSSR count). The number of nitrogens with zero attached hydrogens (tertiary/aromatic N) is 1. The topological polar surface area (TPSA) is 81.5 Å². The van der Waals surface area contributed by atoms with E-state index < -0.39 is 4.92 Å². The average molecular weight is 340 g/mol. The van der Waals surface area contributed by atoms with E-state index in [1.165, 1.54) is 18.2 Å². The molecule has 0 aliphatic rings. The number of benzene rings is 2. The highest BCUT2D eigenvalue weighted by Crippen LogP contribution is 2.14. The molecule has 0 saturated heterocycles. The molecule has 0 unspecified atom stereocenters. The zero-order valence-electron chi connectivity index (χ0n) is 14.1. The third-order valence-corrected chi connectivity index (χ3v) is 3.29. The van der Waals surface area contributed by atoms with E-state index in [0.717, 1.165) is 16.9 Å². The first-order valence-corrected chi connectivity index (χ1v) is 7.90. The summed E-state index contributed by atoms with van der Waals surface area (Å²) in [5.74, 6) is 0.559. The maximum atomic E-state index is 11.8. The van der Waals surface area contributed by atoms with Crippen LogP contribution < -0.4 is 10.1 Å². The molecular weight excluding hydrogens is 320 g/mol. The van der Waals surface area contributed by atoms with Gasteiger partial charge < -0.3 is 10.1 Å². The highest BCUT2D eigenvalue weighted by atomic mass is 16.6. The minimum absolute atomic E-state index is 0.0199. The molecule has 2 aromatic carbocycles. The fourth-order valence-corrected chi connectivity index (χ4v) is 2.09. The van der Waals surface area contributed by atoms with Crippen molar-refractivity contribution < 1.29 is 14.5 Å². The second kappa shape index (κ2) is 8.63. The van der Waals surface area contributed by atoms with Crippen LogP contribution in [-0.4, -0.2) is 16.9 Å². The van der Waals surface area contributed by atoms with Crippen molar-refractivity contribution in [2.24, 2.45) is 0 Å². The van der Waals surface area contributed by atoms with Crippen LogP contribution in [0, 0.1) is 10.1 Å². The second-order valence-electron chi connectivity index (χ2n) is 5.71. The summed E-state index contributed by atoms with van der Waals surface area (Å²) in [4.78, 5) is 22.0. The Bertz CT molecular complexity index is 750. The first-order chi connectivity index (χ1) is 11.9. The van der Waals surface area contributed by atoms with Gasteiger partial charge in [0.25, 0.3) is 5.69 Å². The summed E-state index contributed by atoms with van der Waals surface area (Å²) in [6.45, 7) is 4.34. The van der Waals surface area contributed by atoms with Crippen molar-refractivity contribution in [2.45, 2.75) is 26.5 Å². The molecule has 0 aliphatic carbocycles. The number of hydrogen-bond acceptors (Lipinski definition) is 4. The minimum atomic E-state index is -0.461. The zero-order chi connectivity index (χ0) is 18.2. The number of nitro groups is 1. The molecule has 130 valence electrons. The summed E-state index contributed by atoms with van der Waals surface area (Å²) in [7, 11) is 0. The maximum Gasteiger partial charge on any atom is 0.269 e. The minimum Gasteiger partial charge on any atom is -0.491 e. The van der Waals surface area contributed by atoms with Crippen LogP contribution in [0.1, 0.15) is 25.0 Å². The van der Waals surface area contributed by atoms with E-state index in [9.17, 15) is 14.9 Å². The number of non-ortho nitro benzene ring substituents is 1. The van der Waals surface area contributed by atoms with Crippen molar-refractivity contribution in [1.82, 2.24) is 5.32 Å². The molecule has 0 aromatic heterocycles. The van der Waals surface area contributed by atoms with Gasteiger partial charge in [-0.25, -0.2) is 0 Å². The van der Waals surface area contributed by atoms with Gasteiger partial charge in [-0.3, -0.25) is 14.9 Å². The maximum absolute atomic E-state index is 11.8. The molecule has 2 aromatic rings. The molecule has 0 radical (unpaired) electrons. The Hall–Kier alpha value is -3.15. The third-order valence-electron chi connectivity index (χ3n) is 3.29. The Balaban J connectivity index is 1.84. The SMILES string of the molecule is CC(C)Oc1ccc(CNC(=O)/C=C/c2ccc([N+](=O)[O-])cc2)cc1. The summed E-state index contributed by atoms with van der Waals surface area (Å²) < 4.78 is 5.56. The lowest BCUT2D eigenvalue weighted by Gasteiger charge is -2.10. The summed E-state index contributed by atoms with van der Waals surface area (Å²) >= 11 is 0. The van der Waals surface area contributed by atoms with E-state index >= 15 is 0 Å². The average Bonchev–Trinajstić information content (AvgIpc) is 2.59. The van der Waals surface area contributed by atoms with Crippen LogP contribution in [-0.2, 0) is 11.3 Å². The fourth-order valence-electron chi connectivity index (χ4n) is 2.09. The van der Waals surface area contributed by atoms with Gasteiger partial charge in [0.15, 0.2) is 0 Å². The number of nitrogens with one attached hydrogen (secondary N) is 1. The summed E-state index contributed by atoms with van der Waals surface area (Å²) in [6.07, 6.45) is 3.13. The normalized spacial score (nSPS) is 10.8. The monoisotopic (exact) mass is 340 g/mol. The first kappa shape index (κ1) is 18.2. The standard InChI is InChI=1S/C19H20N2O4/c1-14(2)25-18-10-5-16(6-11-18)13-20-19(22)12-7-15-3-8-17(9-4-15)21(23)24/h3-12,14H,13H2,1-2H3,(H,20,22)/b12-7+. The van der Waals surface area contributed by atoms with Gasteiger partial charge in [-0.1, -0.05) is 12.1 Å². The van der Waals surface area contributed by atoms with Gasteiger partial charge in [0.1, 0.15) is 5.75 Å². The largest absolute Gasteiger partial charge is 0.491 e. The quantitative estimate of drug-likeness (QED) is 0.473. The van der Waals surface area contributed by atoms with E-state index in [1.54, 1.807) is 18.2 Å². The highest BCUT2D eigenvalue weighted by Gasteiger charge is 2.03. The Morgan fingerprint density at radius 1 is 1.16 bits per heavy atom. The molecule has 0 spiro atoms. The Morgan fingerprint density at radius 3 is 2.36 bits per heavy atom. The molecule has 0 atom stereocenters. The number of ether oxygens (including phenoxy) is 1. The number of amides is 1. The second-order valence-corrected chi connectivity index (χ2v) is 5.71. The van der Waals surface area contributed by atoms with Crippen molar-refractivity contribution in [3.63, 3.8) is 0 Å². The molecular formula is C19H20N2O4. The van der Waals surface area contributed by atoms with E-state index in [2.05, 4.69) is 5.32 Å². The van der Waals surface area contributed by atoms with Crippen LogP contribution >= 0.6 is 0 Å². The van der Waals surface area contributed by atoms with E-state index in [-0.39, 0.29) is 17.7 Å². The van der Waals surface area contributed by atoms with Gasteiger partial charge in [0.05, 0.1) is 11.0 Å². The van der Waals surface area contributed by atoms with Gasteiger partial charge >= 0.3 is 0 Å². The van der Waals surface area contributed by atoms with Crippen LogP contribution in [0.25, 0.3) is 6.08 Å². The molecule has 1 N–H and O–H groups in total. The molecule has 1 amide bonds. The van der Waals surface area contributed by atoms with Crippen molar-refractivity contribution >= 4 is 17.7 Å². The van der Waals surface area contributed by atoms with Gasteiger partial charge in [0, 0.05) is 24.8 Å². The molecule has 0 bridgehead atoms. The number of hydrogen-bond donors (Lipinski definition) is 1. The van der Waals surface area contributed by atoms with Crippen LogP contribution in [0.15, 0.2) is 54.6 Å². The van der Waals surface area contributed by atoms with Crippen LogP contribution in [0.3, 0.4) is 0 Å². The number of nitro benzene ring substituents is 1. The van der Waals surface area contributed by atoms with E-state index in [1.807, 2.05) is 38.1 Å². The summed E-state index contributed by atoms with van der Waals surface area (Å²) in [5.41, 5.74) is 1.70.